The highest BCUT2D eigenvalue weighted by molar-refractivity contribution is 9.09. The molecule has 1 unspecified atom stereocenters. The minimum atomic E-state index is -0.535. The van der Waals surface area contributed by atoms with Crippen molar-refractivity contribution in [2.45, 2.75) is 37.6 Å². The molecular formula is C13H17BrO4. The first-order valence-electron chi connectivity index (χ1n) is 5.67. The molecule has 1 atom stereocenters. The summed E-state index contributed by atoms with van der Waals surface area (Å²) in [5.41, 5.74) is -0.0681. The monoisotopic (exact) mass is 316 g/mol. The molecule has 0 spiro atoms. The van der Waals surface area contributed by atoms with Crippen molar-refractivity contribution in [1.82, 2.24) is 0 Å². The summed E-state index contributed by atoms with van der Waals surface area (Å²) in [6.07, 6.45) is 4.82. The van der Waals surface area contributed by atoms with Crippen molar-refractivity contribution in [2.24, 2.45) is 0 Å². The lowest BCUT2D eigenvalue weighted by atomic mass is 10.1. The second-order valence-electron chi connectivity index (χ2n) is 4.95. The molecular weight excluding hydrogens is 300 g/mol. The van der Waals surface area contributed by atoms with Gasteiger partial charge in [0.1, 0.15) is 11.4 Å². The molecule has 0 aromatic heterocycles. The predicted molar refractivity (Wildman–Crippen MR) is 71.4 cm³/mol. The number of hydrogen-bond donors (Lipinski definition) is 0. The van der Waals surface area contributed by atoms with E-state index in [1.807, 2.05) is 6.08 Å². The largest absolute Gasteiger partial charge is 0.485 e. The molecule has 18 heavy (non-hydrogen) atoms. The molecule has 0 heterocycles. The lowest BCUT2D eigenvalue weighted by Gasteiger charge is -2.21. The molecule has 0 saturated heterocycles. The van der Waals surface area contributed by atoms with Gasteiger partial charge in [-0.05, 0) is 20.8 Å². The van der Waals surface area contributed by atoms with Crippen molar-refractivity contribution < 1.29 is 19.1 Å². The molecule has 0 radical (unpaired) electrons. The zero-order chi connectivity index (χ0) is 13.8. The van der Waals surface area contributed by atoms with Crippen LogP contribution >= 0.6 is 15.9 Å². The molecule has 100 valence electrons. The van der Waals surface area contributed by atoms with Gasteiger partial charge in [0.25, 0.3) is 0 Å². The van der Waals surface area contributed by atoms with Crippen LogP contribution < -0.4 is 0 Å². The van der Waals surface area contributed by atoms with Gasteiger partial charge >= 0.3 is 5.97 Å². The summed E-state index contributed by atoms with van der Waals surface area (Å²) in [5, 5.41) is 0. The van der Waals surface area contributed by atoms with E-state index in [1.165, 1.54) is 0 Å². The van der Waals surface area contributed by atoms with Crippen LogP contribution in [0.15, 0.2) is 23.5 Å². The molecule has 1 aliphatic carbocycles. The van der Waals surface area contributed by atoms with Gasteiger partial charge in [0, 0.05) is 11.2 Å². The zero-order valence-electron chi connectivity index (χ0n) is 10.7. The fourth-order valence-corrected chi connectivity index (χ4v) is 1.87. The average Bonchev–Trinajstić information content (AvgIpc) is 2.24. The fraction of sp³-hybridized carbons (Fsp3) is 0.538. The van der Waals surface area contributed by atoms with E-state index in [2.05, 4.69) is 15.9 Å². The maximum atomic E-state index is 11.5. The molecule has 5 heteroatoms. The minimum absolute atomic E-state index is 0.120. The topological polar surface area (TPSA) is 52.6 Å². The maximum absolute atomic E-state index is 11.5. The number of aldehydes is 1. The van der Waals surface area contributed by atoms with E-state index < -0.39 is 11.6 Å². The Balaban J connectivity index is 2.56. The summed E-state index contributed by atoms with van der Waals surface area (Å²) < 4.78 is 10.5. The Kier molecular flexibility index (Phi) is 5.14. The van der Waals surface area contributed by atoms with Crippen molar-refractivity contribution in [2.75, 3.05) is 6.61 Å². The number of carbonyl (C=O) groups excluding carboxylic acids is 2. The standard InChI is InChI=1S/C13H17BrO4/c1-13(2,3)18-12(16)8-17-11-6-10(14)5-4-9(11)7-15/h4-5,7,10H,6,8H2,1-3H3. The summed E-state index contributed by atoms with van der Waals surface area (Å²) in [7, 11) is 0. The average molecular weight is 317 g/mol. The van der Waals surface area contributed by atoms with Gasteiger partial charge in [-0.3, -0.25) is 4.79 Å². The molecule has 0 amide bonds. The highest BCUT2D eigenvalue weighted by Gasteiger charge is 2.19. The van der Waals surface area contributed by atoms with Crippen LogP contribution in [0.1, 0.15) is 27.2 Å². The van der Waals surface area contributed by atoms with Crippen molar-refractivity contribution in [1.29, 1.82) is 0 Å². The Bertz CT molecular complexity index is 390. The zero-order valence-corrected chi connectivity index (χ0v) is 12.3. The third kappa shape index (κ3) is 5.04. The van der Waals surface area contributed by atoms with Crippen LogP contribution in [0.3, 0.4) is 0 Å². The first kappa shape index (κ1) is 15.0. The summed E-state index contributed by atoms with van der Waals surface area (Å²) in [6.45, 7) is 5.19. The van der Waals surface area contributed by atoms with Crippen LogP contribution in [0.25, 0.3) is 0 Å². The molecule has 0 saturated carbocycles. The van der Waals surface area contributed by atoms with Crippen LogP contribution in [-0.4, -0.2) is 29.3 Å². The van der Waals surface area contributed by atoms with Crippen molar-refractivity contribution >= 4 is 28.2 Å². The molecule has 0 N–H and O–H groups in total. The SMILES string of the molecule is CC(C)(C)OC(=O)COC1=C(C=O)C=CC(Br)C1. The van der Waals surface area contributed by atoms with E-state index in [1.54, 1.807) is 26.8 Å². The molecule has 0 aromatic rings. The molecule has 4 nitrogen and oxygen atoms in total. The lowest BCUT2D eigenvalue weighted by molar-refractivity contribution is -0.159. The highest BCUT2D eigenvalue weighted by atomic mass is 79.9. The summed E-state index contributed by atoms with van der Waals surface area (Å²) in [5.74, 6) is 0.0705. The number of hydrogen-bond acceptors (Lipinski definition) is 4. The first-order chi connectivity index (χ1) is 8.31. The third-order valence-corrected chi connectivity index (χ3v) is 2.73. The third-order valence-electron chi connectivity index (χ3n) is 2.10. The van der Waals surface area contributed by atoms with Gasteiger partial charge in [-0.15, -0.1) is 0 Å². The van der Waals surface area contributed by atoms with Gasteiger partial charge in [0.15, 0.2) is 12.9 Å². The van der Waals surface area contributed by atoms with E-state index in [0.29, 0.717) is 17.8 Å². The Hall–Kier alpha value is -1.10. The van der Waals surface area contributed by atoms with Gasteiger partial charge in [0.05, 0.1) is 5.57 Å². The lowest BCUT2D eigenvalue weighted by Crippen LogP contribution is -2.26. The van der Waals surface area contributed by atoms with Gasteiger partial charge in [0.2, 0.25) is 0 Å². The Labute approximate surface area is 115 Å². The van der Waals surface area contributed by atoms with Crippen LogP contribution in [0, 0.1) is 0 Å². The first-order valence-corrected chi connectivity index (χ1v) is 6.58. The van der Waals surface area contributed by atoms with Crippen molar-refractivity contribution in [3.63, 3.8) is 0 Å². The minimum Gasteiger partial charge on any atom is -0.485 e. The van der Waals surface area contributed by atoms with Crippen LogP contribution in [0.5, 0.6) is 0 Å². The van der Waals surface area contributed by atoms with Crippen molar-refractivity contribution in [3.8, 4) is 0 Å². The van der Waals surface area contributed by atoms with E-state index in [9.17, 15) is 9.59 Å². The Morgan fingerprint density at radius 3 is 2.78 bits per heavy atom. The fourth-order valence-electron chi connectivity index (χ4n) is 1.43. The summed E-state index contributed by atoms with van der Waals surface area (Å²) >= 11 is 3.41. The predicted octanol–water partition coefficient (Wildman–Crippen LogP) is 2.52. The Morgan fingerprint density at radius 2 is 2.22 bits per heavy atom. The molecule has 0 bridgehead atoms. The van der Waals surface area contributed by atoms with Crippen LogP contribution in [-0.2, 0) is 19.1 Å². The van der Waals surface area contributed by atoms with Crippen LogP contribution in [0.4, 0.5) is 0 Å². The van der Waals surface area contributed by atoms with E-state index >= 15 is 0 Å². The molecule has 0 aromatic carbocycles. The highest BCUT2D eigenvalue weighted by Crippen LogP contribution is 2.24. The van der Waals surface area contributed by atoms with Gasteiger partial charge in [-0.1, -0.05) is 28.1 Å². The maximum Gasteiger partial charge on any atom is 0.344 e. The van der Waals surface area contributed by atoms with Crippen LogP contribution in [0.2, 0.25) is 0 Å². The molecule has 0 fully saturated rings. The van der Waals surface area contributed by atoms with E-state index in [4.69, 9.17) is 9.47 Å². The number of alkyl halides is 1. The van der Waals surface area contributed by atoms with Crippen molar-refractivity contribution in [3.05, 3.63) is 23.5 Å². The smallest absolute Gasteiger partial charge is 0.344 e. The molecule has 1 rings (SSSR count). The number of halogens is 1. The number of ether oxygens (including phenoxy) is 2. The molecule has 1 aliphatic rings. The number of rotatable bonds is 4. The Morgan fingerprint density at radius 1 is 1.56 bits per heavy atom. The summed E-state index contributed by atoms with van der Waals surface area (Å²) in [6, 6.07) is 0. The van der Waals surface area contributed by atoms with Gasteiger partial charge < -0.3 is 9.47 Å². The van der Waals surface area contributed by atoms with E-state index in [0.717, 1.165) is 6.29 Å². The second kappa shape index (κ2) is 6.18. The van der Waals surface area contributed by atoms with E-state index in [-0.39, 0.29) is 11.4 Å². The normalized spacial score (nSPS) is 19.7. The summed E-state index contributed by atoms with van der Waals surface area (Å²) in [4.78, 5) is 22.4. The number of carbonyl (C=O) groups is 2. The number of allylic oxidation sites excluding steroid dienone is 4. The van der Waals surface area contributed by atoms with Gasteiger partial charge in [-0.25, -0.2) is 4.79 Å². The van der Waals surface area contributed by atoms with Gasteiger partial charge in [-0.2, -0.15) is 0 Å². The molecule has 0 aliphatic heterocycles. The second-order valence-corrected chi connectivity index (χ2v) is 6.13. The number of esters is 1. The quantitative estimate of drug-likeness (QED) is 0.454.